The van der Waals surface area contributed by atoms with E-state index in [0.29, 0.717) is 12.0 Å². The molecule has 2 heterocycles. The Morgan fingerprint density at radius 2 is 2.10 bits per heavy atom. The summed E-state index contributed by atoms with van der Waals surface area (Å²) in [5.41, 5.74) is 0.857. The summed E-state index contributed by atoms with van der Waals surface area (Å²) in [6, 6.07) is 0.462. The molecule has 1 aliphatic carbocycles. The lowest BCUT2D eigenvalue weighted by Crippen LogP contribution is -2.40. The molecule has 110 valence electrons. The first kappa shape index (κ1) is 13.9. The van der Waals surface area contributed by atoms with Gasteiger partial charge in [-0.25, -0.2) is 0 Å². The summed E-state index contributed by atoms with van der Waals surface area (Å²) in [6.45, 7) is 5.10. The lowest BCUT2D eigenvalue weighted by molar-refractivity contribution is 0.0705. The third-order valence-electron chi connectivity index (χ3n) is 4.25. The van der Waals surface area contributed by atoms with Crippen LogP contribution in [0, 0.1) is 5.92 Å². The van der Waals surface area contributed by atoms with Gasteiger partial charge in [0.1, 0.15) is 4.88 Å². The van der Waals surface area contributed by atoms with Crippen molar-refractivity contribution in [3.8, 4) is 0 Å². The average molecular weight is 294 g/mol. The summed E-state index contributed by atoms with van der Waals surface area (Å²) >= 11 is 1.25. The lowest BCUT2D eigenvalue weighted by Gasteiger charge is -2.30. The van der Waals surface area contributed by atoms with E-state index in [1.54, 1.807) is 0 Å². The summed E-state index contributed by atoms with van der Waals surface area (Å²) < 4.78 is 3.96. The number of carbonyl (C=O) groups is 1. The molecule has 1 aliphatic heterocycles. The quantitative estimate of drug-likeness (QED) is 0.898. The summed E-state index contributed by atoms with van der Waals surface area (Å²) in [4.78, 5) is 15.6. The molecule has 1 saturated carbocycles. The molecule has 0 radical (unpaired) electrons. The Labute approximate surface area is 123 Å². The second kappa shape index (κ2) is 6.18. The van der Waals surface area contributed by atoms with Crippen molar-refractivity contribution in [2.24, 2.45) is 5.92 Å². The summed E-state index contributed by atoms with van der Waals surface area (Å²) in [7, 11) is 0. The van der Waals surface area contributed by atoms with Crippen LogP contribution in [0.15, 0.2) is 0 Å². The first-order valence-electron chi connectivity index (χ1n) is 7.62. The topological polar surface area (TPSA) is 58.1 Å². The largest absolute Gasteiger partial charge is 0.335 e. The van der Waals surface area contributed by atoms with Crippen molar-refractivity contribution in [2.75, 3.05) is 19.6 Å². The van der Waals surface area contributed by atoms with Crippen LogP contribution < -0.4 is 5.32 Å². The number of amides is 1. The van der Waals surface area contributed by atoms with Gasteiger partial charge in [0.25, 0.3) is 5.91 Å². The highest BCUT2D eigenvalue weighted by atomic mass is 32.1. The van der Waals surface area contributed by atoms with E-state index in [1.807, 2.05) is 6.92 Å². The van der Waals surface area contributed by atoms with Crippen molar-refractivity contribution in [2.45, 2.75) is 45.1 Å². The first-order valence-corrected chi connectivity index (χ1v) is 8.39. The molecule has 5 nitrogen and oxygen atoms in total. The van der Waals surface area contributed by atoms with Gasteiger partial charge in [-0.2, -0.15) is 0 Å². The molecular weight excluding hydrogens is 272 g/mol. The molecule has 0 atom stereocenters. The fraction of sp³-hybridized carbons (Fsp3) is 0.786. The van der Waals surface area contributed by atoms with Crippen LogP contribution in [0.25, 0.3) is 0 Å². The molecule has 1 saturated heterocycles. The molecule has 0 unspecified atom stereocenters. The minimum Gasteiger partial charge on any atom is -0.335 e. The van der Waals surface area contributed by atoms with E-state index in [1.165, 1.54) is 24.4 Å². The predicted octanol–water partition coefficient (Wildman–Crippen LogP) is 1.70. The number of aryl methyl sites for hydroxylation is 1. The Bertz CT molecular complexity index is 465. The standard InChI is InChI=1S/C14H22N4OS/c1-2-12-13(20-17-16-12)14(19)18(11-3-4-11)9-10-5-7-15-8-6-10/h10-11,15H,2-9H2,1H3. The van der Waals surface area contributed by atoms with Gasteiger partial charge >= 0.3 is 0 Å². The summed E-state index contributed by atoms with van der Waals surface area (Å²) in [5, 5.41) is 7.46. The van der Waals surface area contributed by atoms with E-state index in [0.717, 1.165) is 49.5 Å². The number of aromatic nitrogens is 2. The third kappa shape index (κ3) is 3.01. The van der Waals surface area contributed by atoms with Crippen LogP contribution in [0.3, 0.4) is 0 Å². The lowest BCUT2D eigenvalue weighted by atomic mass is 9.97. The fourth-order valence-electron chi connectivity index (χ4n) is 2.86. The van der Waals surface area contributed by atoms with Gasteiger partial charge in [0, 0.05) is 12.6 Å². The van der Waals surface area contributed by atoms with Gasteiger partial charge in [-0.15, -0.1) is 5.10 Å². The van der Waals surface area contributed by atoms with E-state index < -0.39 is 0 Å². The van der Waals surface area contributed by atoms with Crippen LogP contribution in [-0.2, 0) is 6.42 Å². The van der Waals surface area contributed by atoms with Gasteiger partial charge in [0.05, 0.1) is 5.69 Å². The molecule has 2 fully saturated rings. The fourth-order valence-corrected chi connectivity index (χ4v) is 3.57. The Hall–Kier alpha value is -1.01. The van der Waals surface area contributed by atoms with Gasteiger partial charge in [0.15, 0.2) is 0 Å². The van der Waals surface area contributed by atoms with Crippen molar-refractivity contribution in [3.05, 3.63) is 10.6 Å². The maximum atomic E-state index is 12.8. The normalized spacial score (nSPS) is 20.1. The molecule has 2 aliphatic rings. The summed E-state index contributed by atoms with van der Waals surface area (Å²) in [5.74, 6) is 0.810. The van der Waals surface area contributed by atoms with Gasteiger partial charge in [-0.3, -0.25) is 4.79 Å². The van der Waals surface area contributed by atoms with Gasteiger partial charge in [-0.1, -0.05) is 11.4 Å². The molecule has 1 N–H and O–H groups in total. The molecule has 1 aromatic rings. The zero-order valence-electron chi connectivity index (χ0n) is 12.0. The minimum atomic E-state index is 0.165. The molecular formula is C14H22N4OS. The highest BCUT2D eigenvalue weighted by molar-refractivity contribution is 7.08. The Morgan fingerprint density at radius 3 is 2.75 bits per heavy atom. The Morgan fingerprint density at radius 1 is 1.35 bits per heavy atom. The maximum absolute atomic E-state index is 12.8. The number of piperidine rings is 1. The number of carbonyl (C=O) groups excluding carboxylic acids is 1. The Kier molecular flexibility index (Phi) is 4.31. The molecule has 1 amide bonds. The zero-order valence-corrected chi connectivity index (χ0v) is 12.8. The zero-order chi connectivity index (χ0) is 13.9. The van der Waals surface area contributed by atoms with E-state index in [2.05, 4.69) is 19.8 Å². The second-order valence-corrected chi connectivity index (χ2v) is 6.54. The number of rotatable bonds is 5. The smallest absolute Gasteiger partial charge is 0.267 e. The maximum Gasteiger partial charge on any atom is 0.267 e. The van der Waals surface area contributed by atoms with Crippen molar-refractivity contribution >= 4 is 17.4 Å². The van der Waals surface area contributed by atoms with Crippen molar-refractivity contribution < 1.29 is 4.79 Å². The van der Waals surface area contributed by atoms with Crippen LogP contribution in [0.5, 0.6) is 0 Å². The van der Waals surface area contributed by atoms with Gasteiger partial charge in [0.2, 0.25) is 0 Å². The number of hydrogen-bond donors (Lipinski definition) is 1. The number of nitrogens with one attached hydrogen (secondary N) is 1. The van der Waals surface area contributed by atoms with E-state index in [4.69, 9.17) is 0 Å². The number of nitrogens with zero attached hydrogens (tertiary/aromatic N) is 3. The average Bonchev–Trinajstić information content (AvgIpc) is 3.21. The van der Waals surface area contributed by atoms with Crippen LogP contribution in [0.2, 0.25) is 0 Å². The van der Waals surface area contributed by atoms with E-state index in [-0.39, 0.29) is 5.91 Å². The van der Waals surface area contributed by atoms with Crippen molar-refractivity contribution in [1.29, 1.82) is 0 Å². The van der Waals surface area contributed by atoms with E-state index >= 15 is 0 Å². The second-order valence-electron chi connectivity index (χ2n) is 5.78. The molecule has 3 rings (SSSR count). The van der Waals surface area contributed by atoms with Gasteiger partial charge in [-0.05, 0) is 62.6 Å². The molecule has 1 aromatic heterocycles. The van der Waals surface area contributed by atoms with Crippen molar-refractivity contribution in [3.63, 3.8) is 0 Å². The third-order valence-corrected chi connectivity index (χ3v) is 5.00. The molecule has 20 heavy (non-hydrogen) atoms. The van der Waals surface area contributed by atoms with Gasteiger partial charge < -0.3 is 10.2 Å². The molecule has 0 bridgehead atoms. The Balaban J connectivity index is 1.71. The van der Waals surface area contributed by atoms with Crippen LogP contribution >= 0.6 is 11.5 Å². The SMILES string of the molecule is CCc1nnsc1C(=O)N(CC1CCNCC1)C1CC1. The van der Waals surface area contributed by atoms with Crippen LogP contribution in [-0.4, -0.2) is 46.1 Å². The predicted molar refractivity (Wildman–Crippen MR) is 78.9 cm³/mol. The summed E-state index contributed by atoms with van der Waals surface area (Å²) in [6.07, 6.45) is 5.45. The van der Waals surface area contributed by atoms with E-state index in [9.17, 15) is 4.79 Å². The number of hydrogen-bond acceptors (Lipinski definition) is 5. The molecule has 0 aromatic carbocycles. The highest BCUT2D eigenvalue weighted by Crippen LogP contribution is 2.31. The monoisotopic (exact) mass is 294 g/mol. The van der Waals surface area contributed by atoms with Crippen LogP contribution in [0.4, 0.5) is 0 Å². The highest BCUT2D eigenvalue weighted by Gasteiger charge is 2.36. The molecule has 6 heteroatoms. The first-order chi connectivity index (χ1) is 9.79. The molecule has 0 spiro atoms. The van der Waals surface area contributed by atoms with Crippen LogP contribution in [0.1, 0.15) is 48.0 Å². The minimum absolute atomic E-state index is 0.165. The van der Waals surface area contributed by atoms with Crippen molar-refractivity contribution in [1.82, 2.24) is 19.8 Å².